The summed E-state index contributed by atoms with van der Waals surface area (Å²) in [6.07, 6.45) is 2.72. The number of likely N-dealkylation sites (tertiary alicyclic amines) is 1. The van der Waals surface area contributed by atoms with Crippen molar-refractivity contribution in [3.05, 3.63) is 0 Å². The SMILES string of the molecule is CCNC(=NCCN1CCCC(C)C1)NC(C)(C)C. The zero-order chi connectivity index (χ0) is 14.3. The highest BCUT2D eigenvalue weighted by molar-refractivity contribution is 5.80. The van der Waals surface area contributed by atoms with E-state index in [2.05, 4.69) is 55.1 Å². The summed E-state index contributed by atoms with van der Waals surface area (Å²) in [6.45, 7) is 16.3. The molecule has 4 heteroatoms. The van der Waals surface area contributed by atoms with Crippen LogP contribution in [0.5, 0.6) is 0 Å². The molecule has 112 valence electrons. The zero-order valence-corrected chi connectivity index (χ0v) is 13.4. The van der Waals surface area contributed by atoms with Gasteiger partial charge >= 0.3 is 0 Å². The number of nitrogens with zero attached hydrogens (tertiary/aromatic N) is 2. The highest BCUT2D eigenvalue weighted by atomic mass is 15.2. The molecule has 0 saturated carbocycles. The number of guanidine groups is 1. The van der Waals surface area contributed by atoms with E-state index in [0.29, 0.717) is 0 Å². The molecule has 1 heterocycles. The zero-order valence-electron chi connectivity index (χ0n) is 13.4. The minimum atomic E-state index is 0.0562. The maximum atomic E-state index is 4.67. The normalized spacial score (nSPS) is 22.4. The third kappa shape index (κ3) is 7.41. The fourth-order valence-electron chi connectivity index (χ4n) is 2.46. The highest BCUT2D eigenvalue weighted by Crippen LogP contribution is 2.14. The molecule has 0 aliphatic carbocycles. The van der Waals surface area contributed by atoms with Crippen molar-refractivity contribution in [2.75, 3.05) is 32.7 Å². The van der Waals surface area contributed by atoms with Gasteiger partial charge in [0.1, 0.15) is 0 Å². The van der Waals surface area contributed by atoms with E-state index >= 15 is 0 Å². The van der Waals surface area contributed by atoms with Gasteiger partial charge in [-0.25, -0.2) is 0 Å². The Hall–Kier alpha value is -0.770. The van der Waals surface area contributed by atoms with Crippen LogP contribution in [0.25, 0.3) is 0 Å². The van der Waals surface area contributed by atoms with E-state index in [1.165, 1.54) is 25.9 Å². The summed E-state index contributed by atoms with van der Waals surface area (Å²) in [4.78, 5) is 7.21. The van der Waals surface area contributed by atoms with Gasteiger partial charge in [0.05, 0.1) is 6.54 Å². The van der Waals surface area contributed by atoms with E-state index in [9.17, 15) is 0 Å². The van der Waals surface area contributed by atoms with Crippen LogP contribution in [0.15, 0.2) is 4.99 Å². The number of hydrogen-bond donors (Lipinski definition) is 2. The summed E-state index contributed by atoms with van der Waals surface area (Å²) in [5.74, 6) is 1.78. The van der Waals surface area contributed by atoms with Crippen molar-refractivity contribution in [1.82, 2.24) is 15.5 Å². The van der Waals surface area contributed by atoms with Crippen molar-refractivity contribution in [2.45, 2.75) is 53.0 Å². The first-order valence-electron chi connectivity index (χ1n) is 7.69. The summed E-state index contributed by atoms with van der Waals surface area (Å²) in [5.41, 5.74) is 0.0562. The molecule has 1 unspecified atom stereocenters. The first-order valence-corrected chi connectivity index (χ1v) is 7.69. The molecule has 2 N–H and O–H groups in total. The van der Waals surface area contributed by atoms with Crippen molar-refractivity contribution in [1.29, 1.82) is 0 Å². The smallest absolute Gasteiger partial charge is 0.191 e. The van der Waals surface area contributed by atoms with Crippen molar-refractivity contribution in [3.63, 3.8) is 0 Å². The molecule has 0 amide bonds. The molecular formula is C15H32N4. The Kier molecular flexibility index (Phi) is 6.63. The van der Waals surface area contributed by atoms with Gasteiger partial charge < -0.3 is 15.5 Å². The molecule has 1 saturated heterocycles. The average Bonchev–Trinajstić information content (AvgIpc) is 2.27. The Bertz CT molecular complexity index is 280. The molecule has 1 rings (SSSR count). The second kappa shape index (κ2) is 7.73. The number of hydrogen-bond acceptors (Lipinski definition) is 2. The lowest BCUT2D eigenvalue weighted by Gasteiger charge is -2.30. The van der Waals surface area contributed by atoms with Crippen LogP contribution in [0, 0.1) is 5.92 Å². The van der Waals surface area contributed by atoms with Crippen molar-refractivity contribution >= 4 is 5.96 Å². The predicted molar refractivity (Wildman–Crippen MR) is 83.7 cm³/mol. The third-order valence-electron chi connectivity index (χ3n) is 3.26. The Labute approximate surface area is 119 Å². The van der Waals surface area contributed by atoms with Gasteiger partial charge in [0.15, 0.2) is 5.96 Å². The van der Waals surface area contributed by atoms with Gasteiger partial charge in [-0.2, -0.15) is 0 Å². The molecular weight excluding hydrogens is 236 g/mol. The van der Waals surface area contributed by atoms with Crippen LogP contribution in [0.2, 0.25) is 0 Å². The first-order chi connectivity index (χ1) is 8.90. The molecule has 0 aromatic carbocycles. The van der Waals surface area contributed by atoms with Gasteiger partial charge in [-0.15, -0.1) is 0 Å². The van der Waals surface area contributed by atoms with Crippen LogP contribution < -0.4 is 10.6 Å². The molecule has 0 bridgehead atoms. The maximum Gasteiger partial charge on any atom is 0.191 e. The fourth-order valence-corrected chi connectivity index (χ4v) is 2.46. The lowest BCUT2D eigenvalue weighted by atomic mass is 10.0. The molecule has 0 aromatic heterocycles. The van der Waals surface area contributed by atoms with Crippen molar-refractivity contribution in [3.8, 4) is 0 Å². The summed E-state index contributed by atoms with van der Waals surface area (Å²) in [6, 6.07) is 0. The van der Waals surface area contributed by atoms with Crippen LogP contribution in [0.1, 0.15) is 47.5 Å². The Morgan fingerprint density at radius 1 is 1.37 bits per heavy atom. The van der Waals surface area contributed by atoms with Crippen LogP contribution in [0.3, 0.4) is 0 Å². The average molecular weight is 268 g/mol. The first kappa shape index (κ1) is 16.3. The lowest BCUT2D eigenvalue weighted by Crippen LogP contribution is -2.48. The molecule has 1 aliphatic heterocycles. The summed E-state index contributed by atoms with van der Waals surface area (Å²) >= 11 is 0. The largest absolute Gasteiger partial charge is 0.357 e. The topological polar surface area (TPSA) is 39.7 Å². The van der Waals surface area contributed by atoms with E-state index in [4.69, 9.17) is 0 Å². The van der Waals surface area contributed by atoms with Crippen LogP contribution >= 0.6 is 0 Å². The van der Waals surface area contributed by atoms with E-state index in [-0.39, 0.29) is 5.54 Å². The Balaban J connectivity index is 2.38. The predicted octanol–water partition coefficient (Wildman–Crippen LogP) is 2.07. The van der Waals surface area contributed by atoms with Gasteiger partial charge in [0.25, 0.3) is 0 Å². The summed E-state index contributed by atoms with van der Waals surface area (Å²) in [5, 5.41) is 6.73. The van der Waals surface area contributed by atoms with E-state index in [0.717, 1.165) is 31.5 Å². The summed E-state index contributed by atoms with van der Waals surface area (Å²) in [7, 11) is 0. The van der Waals surface area contributed by atoms with Crippen molar-refractivity contribution in [2.24, 2.45) is 10.9 Å². The number of nitrogens with one attached hydrogen (secondary N) is 2. The lowest BCUT2D eigenvalue weighted by molar-refractivity contribution is 0.189. The number of aliphatic imine (C=N–C) groups is 1. The maximum absolute atomic E-state index is 4.67. The molecule has 4 nitrogen and oxygen atoms in total. The number of piperidine rings is 1. The minimum Gasteiger partial charge on any atom is -0.357 e. The van der Waals surface area contributed by atoms with Gasteiger partial charge in [-0.3, -0.25) is 4.99 Å². The Morgan fingerprint density at radius 3 is 2.68 bits per heavy atom. The molecule has 1 atom stereocenters. The van der Waals surface area contributed by atoms with Crippen LogP contribution in [-0.4, -0.2) is 49.1 Å². The molecule has 19 heavy (non-hydrogen) atoms. The van der Waals surface area contributed by atoms with Crippen molar-refractivity contribution < 1.29 is 0 Å². The van der Waals surface area contributed by atoms with Crippen LogP contribution in [-0.2, 0) is 0 Å². The molecule has 1 aliphatic rings. The van der Waals surface area contributed by atoms with Gasteiger partial charge in [-0.1, -0.05) is 6.92 Å². The quantitative estimate of drug-likeness (QED) is 0.606. The van der Waals surface area contributed by atoms with Crippen LogP contribution in [0.4, 0.5) is 0 Å². The highest BCUT2D eigenvalue weighted by Gasteiger charge is 2.16. The summed E-state index contributed by atoms with van der Waals surface area (Å²) < 4.78 is 0. The van der Waals surface area contributed by atoms with Gasteiger partial charge in [-0.05, 0) is 53.0 Å². The van der Waals surface area contributed by atoms with E-state index < -0.39 is 0 Å². The minimum absolute atomic E-state index is 0.0562. The standard InChI is InChI=1S/C15H32N4/c1-6-16-14(18-15(3,4)5)17-9-11-19-10-7-8-13(2)12-19/h13H,6-12H2,1-5H3,(H2,16,17,18). The molecule has 0 radical (unpaired) electrons. The second-order valence-corrected chi connectivity index (χ2v) is 6.68. The van der Waals surface area contributed by atoms with E-state index in [1.54, 1.807) is 0 Å². The molecule has 0 aromatic rings. The van der Waals surface area contributed by atoms with Gasteiger partial charge in [0.2, 0.25) is 0 Å². The van der Waals surface area contributed by atoms with Gasteiger partial charge in [0, 0.05) is 25.2 Å². The van der Waals surface area contributed by atoms with E-state index in [1.807, 2.05) is 0 Å². The Morgan fingerprint density at radius 2 is 2.11 bits per heavy atom. The molecule has 1 fully saturated rings. The fraction of sp³-hybridized carbons (Fsp3) is 0.933. The molecule has 0 spiro atoms. The second-order valence-electron chi connectivity index (χ2n) is 6.68. The third-order valence-corrected chi connectivity index (χ3v) is 3.26. The monoisotopic (exact) mass is 268 g/mol. The number of rotatable bonds is 4.